The van der Waals surface area contributed by atoms with Gasteiger partial charge in [0.25, 0.3) is 0 Å². The van der Waals surface area contributed by atoms with Gasteiger partial charge in [0.2, 0.25) is 0 Å². The zero-order valence-corrected chi connectivity index (χ0v) is 9.61. The number of rotatable bonds is 4. The van der Waals surface area contributed by atoms with E-state index in [9.17, 15) is 0 Å². The first-order chi connectivity index (χ1) is 6.18. The molecule has 2 heteroatoms. The molecular weight excluding hydrogens is 182 g/mol. The van der Waals surface area contributed by atoms with Gasteiger partial charge in [0.05, 0.1) is 0 Å². The molecule has 0 spiro atoms. The molecule has 1 saturated carbocycles. The predicted octanol–water partition coefficient (Wildman–Crippen LogP) is 3.03. The Labute approximate surface area is 87.2 Å². The summed E-state index contributed by atoms with van der Waals surface area (Å²) >= 11 is 6.05. The van der Waals surface area contributed by atoms with Crippen LogP contribution in [0.15, 0.2) is 0 Å². The minimum Gasteiger partial charge on any atom is -0.316 e. The lowest BCUT2D eigenvalue weighted by atomic mass is 9.89. The summed E-state index contributed by atoms with van der Waals surface area (Å²) in [7, 11) is 0. The third kappa shape index (κ3) is 4.87. The molecule has 1 fully saturated rings. The molecule has 0 aromatic heterocycles. The van der Waals surface area contributed by atoms with Gasteiger partial charge in [-0.1, -0.05) is 13.8 Å². The van der Waals surface area contributed by atoms with Crippen LogP contribution >= 0.6 is 11.6 Å². The summed E-state index contributed by atoms with van der Waals surface area (Å²) < 4.78 is 0. The Morgan fingerprint density at radius 3 is 2.38 bits per heavy atom. The molecule has 0 unspecified atom stereocenters. The molecule has 0 atom stereocenters. The van der Waals surface area contributed by atoms with Crippen LogP contribution in [-0.2, 0) is 0 Å². The van der Waals surface area contributed by atoms with Gasteiger partial charge in [0.15, 0.2) is 0 Å². The van der Waals surface area contributed by atoms with E-state index in [0.717, 1.165) is 18.4 Å². The van der Waals surface area contributed by atoms with Crippen molar-refractivity contribution in [2.24, 2.45) is 11.8 Å². The molecule has 1 N–H and O–H groups in total. The van der Waals surface area contributed by atoms with Crippen molar-refractivity contribution in [1.82, 2.24) is 5.32 Å². The van der Waals surface area contributed by atoms with Crippen LogP contribution in [0.4, 0.5) is 0 Å². The number of hydrogen-bond donors (Lipinski definition) is 1. The van der Waals surface area contributed by atoms with E-state index < -0.39 is 0 Å². The molecule has 0 bridgehead atoms. The summed E-state index contributed by atoms with van der Waals surface area (Å²) in [6.07, 6.45) is 5.07. The van der Waals surface area contributed by atoms with Gasteiger partial charge in [-0.25, -0.2) is 0 Å². The summed E-state index contributed by atoms with van der Waals surface area (Å²) in [4.78, 5) is 0. The molecule has 78 valence electrons. The lowest BCUT2D eigenvalue weighted by Gasteiger charge is -2.25. The largest absolute Gasteiger partial charge is 0.316 e. The van der Waals surface area contributed by atoms with Crippen LogP contribution in [0.2, 0.25) is 0 Å². The SMILES string of the molecule is CC(C)CNCC1CCC(Cl)CC1. The second-order valence-electron chi connectivity index (χ2n) is 4.67. The Morgan fingerprint density at radius 2 is 1.85 bits per heavy atom. The van der Waals surface area contributed by atoms with Crippen LogP contribution in [0.3, 0.4) is 0 Å². The quantitative estimate of drug-likeness (QED) is 0.693. The fraction of sp³-hybridized carbons (Fsp3) is 1.00. The van der Waals surface area contributed by atoms with Crippen LogP contribution in [-0.4, -0.2) is 18.5 Å². The zero-order valence-electron chi connectivity index (χ0n) is 8.85. The van der Waals surface area contributed by atoms with Crippen molar-refractivity contribution >= 4 is 11.6 Å². The third-order valence-corrected chi connectivity index (χ3v) is 3.20. The van der Waals surface area contributed by atoms with E-state index in [4.69, 9.17) is 11.6 Å². The number of alkyl halides is 1. The van der Waals surface area contributed by atoms with Crippen molar-refractivity contribution < 1.29 is 0 Å². The van der Waals surface area contributed by atoms with Gasteiger partial charge in [-0.15, -0.1) is 11.6 Å². The molecule has 0 amide bonds. The van der Waals surface area contributed by atoms with Crippen molar-refractivity contribution in [2.75, 3.05) is 13.1 Å². The Morgan fingerprint density at radius 1 is 1.23 bits per heavy atom. The number of hydrogen-bond acceptors (Lipinski definition) is 1. The molecule has 1 aliphatic rings. The van der Waals surface area contributed by atoms with Gasteiger partial charge in [-0.3, -0.25) is 0 Å². The van der Waals surface area contributed by atoms with E-state index >= 15 is 0 Å². The van der Waals surface area contributed by atoms with E-state index in [-0.39, 0.29) is 0 Å². The average molecular weight is 204 g/mol. The molecule has 1 rings (SSSR count). The predicted molar refractivity (Wildman–Crippen MR) is 59.3 cm³/mol. The van der Waals surface area contributed by atoms with Gasteiger partial charge >= 0.3 is 0 Å². The Bertz CT molecular complexity index is 128. The molecule has 0 heterocycles. The van der Waals surface area contributed by atoms with Gasteiger partial charge in [-0.05, 0) is 50.6 Å². The van der Waals surface area contributed by atoms with Crippen molar-refractivity contribution in [1.29, 1.82) is 0 Å². The third-order valence-electron chi connectivity index (χ3n) is 2.76. The van der Waals surface area contributed by atoms with Crippen LogP contribution in [0.25, 0.3) is 0 Å². The maximum Gasteiger partial charge on any atom is 0.0336 e. The first kappa shape index (κ1) is 11.3. The smallest absolute Gasteiger partial charge is 0.0336 e. The maximum atomic E-state index is 6.05. The lowest BCUT2D eigenvalue weighted by molar-refractivity contribution is 0.340. The Hall–Kier alpha value is 0.250. The van der Waals surface area contributed by atoms with Crippen molar-refractivity contribution in [3.63, 3.8) is 0 Å². The molecule has 0 saturated heterocycles. The van der Waals surface area contributed by atoms with E-state index in [1.54, 1.807) is 0 Å². The van der Waals surface area contributed by atoms with Crippen LogP contribution in [0, 0.1) is 11.8 Å². The summed E-state index contributed by atoms with van der Waals surface area (Å²) in [5, 5.41) is 3.99. The molecule has 0 aromatic carbocycles. The monoisotopic (exact) mass is 203 g/mol. The van der Waals surface area contributed by atoms with E-state index in [0.29, 0.717) is 5.38 Å². The molecule has 1 nitrogen and oxygen atoms in total. The average Bonchev–Trinajstić information content (AvgIpc) is 2.08. The van der Waals surface area contributed by atoms with Gasteiger partial charge in [0, 0.05) is 5.38 Å². The summed E-state index contributed by atoms with van der Waals surface area (Å²) in [5.74, 6) is 1.65. The zero-order chi connectivity index (χ0) is 9.68. The standard InChI is InChI=1S/C11H22ClN/c1-9(2)7-13-8-10-3-5-11(12)6-4-10/h9-11,13H,3-8H2,1-2H3. The summed E-state index contributed by atoms with van der Waals surface area (Å²) in [6.45, 7) is 6.86. The molecular formula is C11H22ClN. The minimum absolute atomic E-state index is 0.460. The molecule has 0 aliphatic heterocycles. The van der Waals surface area contributed by atoms with Crippen molar-refractivity contribution in [2.45, 2.75) is 44.9 Å². The lowest BCUT2D eigenvalue weighted by Crippen LogP contribution is -2.29. The van der Waals surface area contributed by atoms with Crippen molar-refractivity contribution in [3.8, 4) is 0 Å². The van der Waals surface area contributed by atoms with Gasteiger partial charge in [0.1, 0.15) is 0 Å². The number of nitrogens with one attached hydrogen (secondary N) is 1. The highest BCUT2D eigenvalue weighted by Crippen LogP contribution is 2.26. The van der Waals surface area contributed by atoms with Crippen LogP contribution in [0.1, 0.15) is 39.5 Å². The van der Waals surface area contributed by atoms with Gasteiger partial charge in [-0.2, -0.15) is 0 Å². The van der Waals surface area contributed by atoms with Crippen LogP contribution < -0.4 is 5.32 Å². The second kappa shape index (κ2) is 5.87. The molecule has 0 aromatic rings. The molecule has 1 aliphatic carbocycles. The summed E-state index contributed by atoms with van der Waals surface area (Å²) in [5.41, 5.74) is 0. The fourth-order valence-electron chi connectivity index (χ4n) is 1.90. The minimum atomic E-state index is 0.460. The first-order valence-electron chi connectivity index (χ1n) is 5.53. The van der Waals surface area contributed by atoms with Crippen molar-refractivity contribution in [3.05, 3.63) is 0 Å². The second-order valence-corrected chi connectivity index (χ2v) is 5.29. The number of halogens is 1. The topological polar surface area (TPSA) is 12.0 Å². The fourth-order valence-corrected chi connectivity index (χ4v) is 2.15. The highest BCUT2D eigenvalue weighted by molar-refractivity contribution is 6.20. The normalized spacial score (nSPS) is 29.5. The first-order valence-corrected chi connectivity index (χ1v) is 5.97. The highest BCUT2D eigenvalue weighted by atomic mass is 35.5. The molecule has 0 radical (unpaired) electrons. The Balaban J connectivity index is 2.02. The van der Waals surface area contributed by atoms with E-state index in [2.05, 4.69) is 19.2 Å². The maximum absolute atomic E-state index is 6.05. The van der Waals surface area contributed by atoms with E-state index in [1.807, 2.05) is 0 Å². The highest BCUT2D eigenvalue weighted by Gasteiger charge is 2.18. The Kier molecular flexibility index (Phi) is 5.12. The van der Waals surface area contributed by atoms with Crippen LogP contribution in [0.5, 0.6) is 0 Å². The summed E-state index contributed by atoms with van der Waals surface area (Å²) in [6, 6.07) is 0. The van der Waals surface area contributed by atoms with E-state index in [1.165, 1.54) is 32.2 Å². The molecule has 13 heavy (non-hydrogen) atoms. The van der Waals surface area contributed by atoms with Gasteiger partial charge < -0.3 is 5.32 Å².